The summed E-state index contributed by atoms with van der Waals surface area (Å²) in [7, 11) is 0. The number of carbonyl (C=O) groups is 1. The van der Waals surface area contributed by atoms with Crippen molar-refractivity contribution in [3.05, 3.63) is 82.7 Å². The van der Waals surface area contributed by atoms with Crippen molar-refractivity contribution < 1.29 is 9.90 Å². The highest BCUT2D eigenvalue weighted by atomic mass is 16.4. The van der Waals surface area contributed by atoms with E-state index in [9.17, 15) is 9.90 Å². The lowest BCUT2D eigenvalue weighted by atomic mass is 10.1. The number of hydrogen-bond acceptors (Lipinski definition) is 3. The summed E-state index contributed by atoms with van der Waals surface area (Å²) >= 11 is 0. The molecular formula is C22H21N2O2-. The standard InChI is InChI=1S/C22H22N2O2/c1-4-17-5-11-21(12-6-17)24-15(2)13-19(16(24)3)14-23-20-9-7-18(8-10-20)22(25)26/h5-14H,4H2,1-3H3,(H,25,26)/p-1. The van der Waals surface area contributed by atoms with Crippen LogP contribution in [0.2, 0.25) is 0 Å². The van der Waals surface area contributed by atoms with Gasteiger partial charge in [-0.15, -0.1) is 0 Å². The van der Waals surface area contributed by atoms with E-state index in [0.29, 0.717) is 5.69 Å². The highest BCUT2D eigenvalue weighted by Crippen LogP contribution is 2.21. The first-order chi connectivity index (χ1) is 12.5. The number of nitrogens with zero attached hydrogens (tertiary/aromatic N) is 2. The Morgan fingerprint density at radius 2 is 1.73 bits per heavy atom. The van der Waals surface area contributed by atoms with Gasteiger partial charge < -0.3 is 14.5 Å². The number of hydrogen-bond donors (Lipinski definition) is 0. The Morgan fingerprint density at radius 1 is 1.08 bits per heavy atom. The summed E-state index contributed by atoms with van der Waals surface area (Å²) in [6, 6.07) is 17.0. The van der Waals surface area contributed by atoms with Gasteiger partial charge in [0.25, 0.3) is 0 Å². The molecule has 0 radical (unpaired) electrons. The first kappa shape index (κ1) is 17.7. The summed E-state index contributed by atoms with van der Waals surface area (Å²) in [5, 5.41) is 10.8. The Bertz CT molecular complexity index is 949. The second-order valence-corrected chi connectivity index (χ2v) is 6.27. The first-order valence-electron chi connectivity index (χ1n) is 8.63. The van der Waals surface area contributed by atoms with Crippen molar-refractivity contribution in [1.29, 1.82) is 0 Å². The molecule has 0 aliphatic heterocycles. The maximum atomic E-state index is 10.8. The molecule has 0 spiro atoms. The molecule has 0 unspecified atom stereocenters. The fourth-order valence-corrected chi connectivity index (χ4v) is 3.02. The minimum absolute atomic E-state index is 0.151. The maximum Gasteiger partial charge on any atom is 0.0715 e. The van der Waals surface area contributed by atoms with E-state index in [4.69, 9.17) is 0 Å². The van der Waals surface area contributed by atoms with Gasteiger partial charge in [-0.3, -0.25) is 4.99 Å². The molecule has 3 rings (SSSR count). The number of rotatable bonds is 5. The monoisotopic (exact) mass is 345 g/mol. The molecule has 0 saturated heterocycles. The summed E-state index contributed by atoms with van der Waals surface area (Å²) in [6.07, 6.45) is 2.84. The van der Waals surface area contributed by atoms with Crippen molar-refractivity contribution in [2.45, 2.75) is 27.2 Å². The average Bonchev–Trinajstić information content (AvgIpc) is 2.94. The Kier molecular flexibility index (Phi) is 5.03. The van der Waals surface area contributed by atoms with Crippen LogP contribution in [0, 0.1) is 13.8 Å². The maximum absolute atomic E-state index is 10.8. The van der Waals surface area contributed by atoms with E-state index in [2.05, 4.69) is 60.7 Å². The summed E-state index contributed by atoms with van der Waals surface area (Å²) in [5.41, 5.74) is 6.59. The number of carbonyl (C=O) groups excluding carboxylic acids is 1. The summed E-state index contributed by atoms with van der Waals surface area (Å²) in [6.45, 7) is 6.29. The van der Waals surface area contributed by atoms with Crippen molar-refractivity contribution >= 4 is 17.9 Å². The van der Waals surface area contributed by atoms with Crippen molar-refractivity contribution in [2.24, 2.45) is 4.99 Å². The molecule has 0 aliphatic carbocycles. The Labute approximate surface area is 153 Å². The first-order valence-corrected chi connectivity index (χ1v) is 8.63. The highest BCUT2D eigenvalue weighted by Gasteiger charge is 2.09. The molecule has 1 aromatic heterocycles. The molecule has 4 heteroatoms. The van der Waals surface area contributed by atoms with Gasteiger partial charge >= 0.3 is 0 Å². The van der Waals surface area contributed by atoms with Crippen LogP contribution < -0.4 is 5.11 Å². The third-order valence-electron chi connectivity index (χ3n) is 4.53. The van der Waals surface area contributed by atoms with Crippen molar-refractivity contribution in [3.63, 3.8) is 0 Å². The van der Waals surface area contributed by atoms with E-state index in [-0.39, 0.29) is 5.56 Å². The van der Waals surface area contributed by atoms with Gasteiger partial charge in [0.15, 0.2) is 0 Å². The van der Waals surface area contributed by atoms with E-state index in [0.717, 1.165) is 29.1 Å². The van der Waals surface area contributed by atoms with Gasteiger partial charge in [0.05, 0.1) is 11.7 Å². The smallest absolute Gasteiger partial charge is 0.0715 e. The van der Waals surface area contributed by atoms with Crippen molar-refractivity contribution in [2.75, 3.05) is 0 Å². The highest BCUT2D eigenvalue weighted by molar-refractivity contribution is 5.87. The van der Waals surface area contributed by atoms with Crippen molar-refractivity contribution in [3.8, 4) is 5.69 Å². The zero-order valence-corrected chi connectivity index (χ0v) is 15.2. The minimum Gasteiger partial charge on any atom is -0.545 e. The molecule has 0 fully saturated rings. The Morgan fingerprint density at radius 3 is 2.31 bits per heavy atom. The van der Waals surface area contributed by atoms with E-state index in [1.807, 2.05) is 6.21 Å². The zero-order chi connectivity index (χ0) is 18.7. The average molecular weight is 345 g/mol. The number of carboxylic acids is 1. The van der Waals surface area contributed by atoms with Gasteiger partial charge in [0.1, 0.15) is 0 Å². The van der Waals surface area contributed by atoms with Gasteiger partial charge in [-0.1, -0.05) is 31.2 Å². The van der Waals surface area contributed by atoms with E-state index in [1.54, 1.807) is 12.1 Å². The molecule has 0 aliphatic rings. The van der Waals surface area contributed by atoms with E-state index in [1.165, 1.54) is 17.7 Å². The van der Waals surface area contributed by atoms with Crippen LogP contribution in [-0.4, -0.2) is 16.8 Å². The van der Waals surface area contributed by atoms with Crippen LogP contribution in [0.25, 0.3) is 5.69 Å². The van der Waals surface area contributed by atoms with E-state index < -0.39 is 5.97 Å². The van der Waals surface area contributed by atoms with Crippen LogP contribution in [0.15, 0.2) is 59.6 Å². The largest absolute Gasteiger partial charge is 0.545 e. The second kappa shape index (κ2) is 7.40. The van der Waals surface area contributed by atoms with Crippen LogP contribution in [0.5, 0.6) is 0 Å². The molecule has 26 heavy (non-hydrogen) atoms. The lowest BCUT2D eigenvalue weighted by Crippen LogP contribution is -2.21. The third kappa shape index (κ3) is 3.59. The molecule has 132 valence electrons. The predicted molar refractivity (Wildman–Crippen MR) is 103 cm³/mol. The zero-order valence-electron chi connectivity index (χ0n) is 15.2. The fraction of sp³-hybridized carbons (Fsp3) is 0.182. The third-order valence-corrected chi connectivity index (χ3v) is 4.53. The topological polar surface area (TPSA) is 57.4 Å². The van der Waals surface area contributed by atoms with Gasteiger partial charge in [0.2, 0.25) is 0 Å². The number of aliphatic imine (C=N–C) groups is 1. The molecular weight excluding hydrogens is 324 g/mol. The van der Waals surface area contributed by atoms with Crippen LogP contribution in [-0.2, 0) is 6.42 Å². The molecule has 4 nitrogen and oxygen atoms in total. The number of aromatic carboxylic acids is 1. The lowest BCUT2D eigenvalue weighted by molar-refractivity contribution is -0.255. The quantitative estimate of drug-likeness (QED) is 0.661. The van der Waals surface area contributed by atoms with Gasteiger partial charge in [-0.2, -0.15) is 0 Å². The number of carboxylic acid groups (broad SMARTS) is 1. The number of aromatic nitrogens is 1. The Hall–Kier alpha value is -3.14. The van der Waals surface area contributed by atoms with Gasteiger partial charge in [-0.05, 0) is 61.7 Å². The number of benzene rings is 2. The molecule has 3 aromatic rings. The molecule has 0 bridgehead atoms. The normalized spacial score (nSPS) is 11.2. The Balaban J connectivity index is 1.88. The molecule has 0 saturated carbocycles. The predicted octanol–water partition coefficient (Wildman–Crippen LogP) is 3.77. The summed E-state index contributed by atoms with van der Waals surface area (Å²) in [4.78, 5) is 15.3. The lowest BCUT2D eigenvalue weighted by Gasteiger charge is -2.10. The van der Waals surface area contributed by atoms with Gasteiger partial charge in [-0.25, -0.2) is 0 Å². The van der Waals surface area contributed by atoms with Crippen molar-refractivity contribution in [1.82, 2.24) is 4.57 Å². The molecule has 1 heterocycles. The van der Waals surface area contributed by atoms with Crippen LogP contribution in [0.4, 0.5) is 5.69 Å². The minimum atomic E-state index is -1.18. The summed E-state index contributed by atoms with van der Waals surface area (Å²) < 4.78 is 2.21. The number of aryl methyl sites for hydroxylation is 2. The second-order valence-electron chi connectivity index (χ2n) is 6.27. The van der Waals surface area contributed by atoms with Gasteiger partial charge in [0, 0.05) is 28.9 Å². The van der Waals surface area contributed by atoms with Crippen LogP contribution >= 0.6 is 0 Å². The SMILES string of the molecule is CCc1ccc(-n2c(C)cc(C=Nc3ccc(C(=O)[O-])cc3)c2C)cc1. The fourth-order valence-electron chi connectivity index (χ4n) is 3.02. The summed E-state index contributed by atoms with van der Waals surface area (Å²) in [5.74, 6) is -1.18. The molecule has 2 aromatic carbocycles. The van der Waals surface area contributed by atoms with E-state index >= 15 is 0 Å². The molecule has 0 N–H and O–H groups in total. The molecule has 0 amide bonds. The molecule has 0 atom stereocenters. The van der Waals surface area contributed by atoms with Crippen LogP contribution in [0.1, 0.15) is 39.8 Å². The van der Waals surface area contributed by atoms with Crippen LogP contribution in [0.3, 0.4) is 0 Å².